The molecule has 0 aliphatic heterocycles. The smallest absolute Gasteiger partial charge is 0.387 e. The molecule has 1 aromatic heterocycles. The highest BCUT2D eigenvalue weighted by Crippen LogP contribution is 2.29. The SMILES string of the molecule is COc1cc(CCNC(=O)c2cc3ccccc3oc2=O)ccc1OC(F)F. The van der Waals surface area contributed by atoms with E-state index in [1.54, 1.807) is 36.4 Å². The molecule has 0 bridgehead atoms. The number of carbonyl (C=O) groups excluding carboxylic acids is 1. The fraction of sp³-hybridized carbons (Fsp3) is 0.200. The van der Waals surface area contributed by atoms with Gasteiger partial charge in [-0.25, -0.2) is 4.79 Å². The van der Waals surface area contributed by atoms with Crippen LogP contribution in [0.4, 0.5) is 8.78 Å². The second kappa shape index (κ2) is 8.51. The lowest BCUT2D eigenvalue weighted by Gasteiger charge is -2.11. The third-order valence-electron chi connectivity index (χ3n) is 4.03. The summed E-state index contributed by atoms with van der Waals surface area (Å²) in [7, 11) is 1.35. The van der Waals surface area contributed by atoms with Crippen LogP contribution in [0.3, 0.4) is 0 Å². The predicted molar refractivity (Wildman–Crippen MR) is 98.1 cm³/mol. The van der Waals surface area contributed by atoms with Crippen LogP contribution < -0.4 is 20.4 Å². The van der Waals surface area contributed by atoms with E-state index in [4.69, 9.17) is 9.15 Å². The molecule has 0 aliphatic rings. The average molecular weight is 389 g/mol. The van der Waals surface area contributed by atoms with Crippen molar-refractivity contribution in [2.45, 2.75) is 13.0 Å². The Morgan fingerprint density at radius 2 is 1.93 bits per heavy atom. The number of rotatable bonds is 7. The maximum absolute atomic E-state index is 12.4. The maximum atomic E-state index is 12.4. The number of ether oxygens (including phenoxy) is 2. The molecule has 0 radical (unpaired) electrons. The van der Waals surface area contributed by atoms with E-state index in [0.29, 0.717) is 17.4 Å². The predicted octanol–water partition coefficient (Wildman–Crippen LogP) is 3.38. The summed E-state index contributed by atoms with van der Waals surface area (Å²) in [5.74, 6) is -0.456. The number of benzene rings is 2. The zero-order chi connectivity index (χ0) is 20.1. The summed E-state index contributed by atoms with van der Waals surface area (Å²) in [6.45, 7) is -2.73. The Labute approximate surface area is 158 Å². The van der Waals surface area contributed by atoms with Gasteiger partial charge in [-0.15, -0.1) is 0 Å². The van der Waals surface area contributed by atoms with Crippen molar-refractivity contribution in [3.05, 3.63) is 70.1 Å². The molecular formula is C20H17F2NO5. The summed E-state index contributed by atoms with van der Waals surface area (Å²) in [5.41, 5.74) is 0.342. The molecule has 0 fully saturated rings. The third-order valence-corrected chi connectivity index (χ3v) is 4.03. The zero-order valence-electron chi connectivity index (χ0n) is 14.9. The minimum absolute atomic E-state index is 0.0703. The molecule has 1 amide bonds. The fourth-order valence-corrected chi connectivity index (χ4v) is 2.70. The molecule has 0 unspecified atom stereocenters. The van der Waals surface area contributed by atoms with Gasteiger partial charge < -0.3 is 19.2 Å². The molecule has 3 aromatic rings. The molecule has 8 heteroatoms. The molecule has 0 aliphatic carbocycles. The van der Waals surface area contributed by atoms with Crippen LogP contribution >= 0.6 is 0 Å². The molecule has 28 heavy (non-hydrogen) atoms. The summed E-state index contributed by atoms with van der Waals surface area (Å²) in [6, 6.07) is 12.9. The normalized spacial score (nSPS) is 10.9. The van der Waals surface area contributed by atoms with E-state index in [-0.39, 0.29) is 23.6 Å². The summed E-state index contributed by atoms with van der Waals surface area (Å²) in [6.07, 6.45) is 0.399. The number of halogens is 2. The Morgan fingerprint density at radius 3 is 2.68 bits per heavy atom. The first kappa shape index (κ1) is 19.3. The Morgan fingerprint density at radius 1 is 1.14 bits per heavy atom. The van der Waals surface area contributed by atoms with Crippen LogP contribution in [-0.2, 0) is 6.42 Å². The third kappa shape index (κ3) is 4.46. The van der Waals surface area contributed by atoms with Gasteiger partial charge in [0.25, 0.3) is 5.91 Å². The van der Waals surface area contributed by atoms with Crippen LogP contribution in [0, 0.1) is 0 Å². The van der Waals surface area contributed by atoms with Crippen molar-refractivity contribution in [2.24, 2.45) is 0 Å². The largest absolute Gasteiger partial charge is 0.493 e. The van der Waals surface area contributed by atoms with E-state index >= 15 is 0 Å². The Bertz CT molecular complexity index is 1050. The second-order valence-electron chi connectivity index (χ2n) is 5.85. The lowest BCUT2D eigenvalue weighted by atomic mass is 10.1. The summed E-state index contributed by atoms with van der Waals surface area (Å²) in [5, 5.41) is 3.29. The molecule has 3 rings (SSSR count). The molecule has 1 N–H and O–H groups in total. The molecule has 0 saturated heterocycles. The molecule has 0 atom stereocenters. The van der Waals surface area contributed by atoms with Crippen LogP contribution in [-0.4, -0.2) is 26.2 Å². The summed E-state index contributed by atoms with van der Waals surface area (Å²) >= 11 is 0. The van der Waals surface area contributed by atoms with E-state index in [0.717, 1.165) is 5.56 Å². The molecule has 146 valence electrons. The molecule has 0 spiro atoms. The van der Waals surface area contributed by atoms with Gasteiger partial charge in [-0.05, 0) is 36.2 Å². The average Bonchev–Trinajstić information content (AvgIpc) is 2.68. The first-order valence-electron chi connectivity index (χ1n) is 8.40. The van der Waals surface area contributed by atoms with Gasteiger partial charge in [-0.1, -0.05) is 24.3 Å². The lowest BCUT2D eigenvalue weighted by molar-refractivity contribution is -0.0512. The molecule has 0 saturated carbocycles. The number of fused-ring (bicyclic) bond motifs is 1. The Balaban J connectivity index is 1.66. The number of carbonyl (C=O) groups is 1. The summed E-state index contributed by atoms with van der Waals surface area (Å²) < 4.78 is 39.3. The van der Waals surface area contributed by atoms with Gasteiger partial charge in [0.05, 0.1) is 7.11 Å². The molecular weight excluding hydrogens is 372 g/mol. The fourth-order valence-electron chi connectivity index (χ4n) is 2.70. The van der Waals surface area contributed by atoms with E-state index in [1.807, 2.05) is 0 Å². The van der Waals surface area contributed by atoms with Gasteiger partial charge in [-0.3, -0.25) is 4.79 Å². The number of hydrogen-bond donors (Lipinski definition) is 1. The number of alkyl halides is 2. The van der Waals surface area contributed by atoms with Gasteiger partial charge in [0.1, 0.15) is 11.1 Å². The zero-order valence-corrected chi connectivity index (χ0v) is 14.9. The second-order valence-corrected chi connectivity index (χ2v) is 5.85. The van der Waals surface area contributed by atoms with Crippen molar-refractivity contribution in [2.75, 3.05) is 13.7 Å². The van der Waals surface area contributed by atoms with E-state index < -0.39 is 18.1 Å². The van der Waals surface area contributed by atoms with Crippen molar-refractivity contribution >= 4 is 16.9 Å². The van der Waals surface area contributed by atoms with Crippen molar-refractivity contribution in [1.29, 1.82) is 0 Å². The first-order chi connectivity index (χ1) is 13.5. The first-order valence-corrected chi connectivity index (χ1v) is 8.40. The van der Waals surface area contributed by atoms with Crippen molar-refractivity contribution < 1.29 is 27.5 Å². The maximum Gasteiger partial charge on any atom is 0.387 e. The minimum atomic E-state index is -2.95. The highest BCUT2D eigenvalue weighted by Gasteiger charge is 2.14. The van der Waals surface area contributed by atoms with Crippen LogP contribution in [0.2, 0.25) is 0 Å². The van der Waals surface area contributed by atoms with Gasteiger partial charge in [0.15, 0.2) is 11.5 Å². The number of methoxy groups -OCH3 is 1. The summed E-state index contributed by atoms with van der Waals surface area (Å²) in [4.78, 5) is 24.3. The monoisotopic (exact) mass is 389 g/mol. The van der Waals surface area contributed by atoms with Crippen molar-refractivity contribution in [1.82, 2.24) is 5.32 Å². The van der Waals surface area contributed by atoms with Crippen LogP contribution in [0.25, 0.3) is 11.0 Å². The van der Waals surface area contributed by atoms with Crippen molar-refractivity contribution in [3.63, 3.8) is 0 Å². The number of nitrogens with one attached hydrogen (secondary N) is 1. The Kier molecular flexibility index (Phi) is 5.88. The van der Waals surface area contributed by atoms with Crippen LogP contribution in [0.15, 0.2) is 57.7 Å². The topological polar surface area (TPSA) is 77.8 Å². The van der Waals surface area contributed by atoms with Crippen LogP contribution in [0.5, 0.6) is 11.5 Å². The lowest BCUT2D eigenvalue weighted by Crippen LogP contribution is -2.29. The molecule has 2 aromatic carbocycles. The van der Waals surface area contributed by atoms with Crippen molar-refractivity contribution in [3.8, 4) is 11.5 Å². The van der Waals surface area contributed by atoms with Crippen LogP contribution in [0.1, 0.15) is 15.9 Å². The van der Waals surface area contributed by atoms with Gasteiger partial charge in [0.2, 0.25) is 0 Å². The number of hydrogen-bond acceptors (Lipinski definition) is 5. The highest BCUT2D eigenvalue weighted by molar-refractivity contribution is 5.96. The van der Waals surface area contributed by atoms with E-state index in [2.05, 4.69) is 10.1 Å². The van der Waals surface area contributed by atoms with E-state index in [1.165, 1.54) is 19.2 Å². The standard InChI is InChI=1S/C20H17F2NO5/c1-26-17-10-12(6-7-16(17)28-20(21)22)8-9-23-18(24)14-11-13-4-2-3-5-15(13)27-19(14)25/h2-7,10-11,20H,8-9H2,1H3,(H,23,24). The minimum Gasteiger partial charge on any atom is -0.493 e. The molecule has 6 nitrogen and oxygen atoms in total. The van der Waals surface area contributed by atoms with Gasteiger partial charge in [-0.2, -0.15) is 8.78 Å². The number of amides is 1. The van der Waals surface area contributed by atoms with Gasteiger partial charge in [0, 0.05) is 11.9 Å². The van der Waals surface area contributed by atoms with Gasteiger partial charge >= 0.3 is 12.2 Å². The van der Waals surface area contributed by atoms with E-state index in [9.17, 15) is 18.4 Å². The molecule has 1 heterocycles. The highest BCUT2D eigenvalue weighted by atomic mass is 19.3. The Hall–Kier alpha value is -3.42. The number of para-hydroxylation sites is 1. The quantitative estimate of drug-likeness (QED) is 0.627.